The van der Waals surface area contributed by atoms with E-state index >= 15 is 0 Å². The highest BCUT2D eigenvalue weighted by Crippen LogP contribution is 2.31. The van der Waals surface area contributed by atoms with Gasteiger partial charge in [0.15, 0.2) is 5.65 Å². The Balaban J connectivity index is 1.68. The van der Waals surface area contributed by atoms with E-state index in [-0.39, 0.29) is 62.8 Å². The predicted molar refractivity (Wildman–Crippen MR) is 107 cm³/mol. The summed E-state index contributed by atoms with van der Waals surface area (Å²) in [7, 11) is 0. The average Bonchev–Trinajstić information content (AvgIpc) is 3.35. The van der Waals surface area contributed by atoms with Crippen molar-refractivity contribution in [1.29, 1.82) is 0 Å². The van der Waals surface area contributed by atoms with E-state index in [1.807, 2.05) is 0 Å². The number of rotatable bonds is 6. The van der Waals surface area contributed by atoms with Crippen molar-refractivity contribution >= 4 is 40.5 Å². The molecular formula is C18H10Cl2FN5O5. The molecule has 1 aromatic carbocycles. The number of carbonyl (C=O) groups is 1. The summed E-state index contributed by atoms with van der Waals surface area (Å²) in [5, 5.41) is 23.7. The van der Waals surface area contributed by atoms with Gasteiger partial charge in [0, 0.05) is 24.2 Å². The third-order valence-electron chi connectivity index (χ3n) is 4.33. The van der Waals surface area contributed by atoms with E-state index in [1.165, 1.54) is 28.9 Å². The number of hydrogen-bond acceptors (Lipinski definition) is 7. The Morgan fingerprint density at radius 2 is 2.00 bits per heavy atom. The van der Waals surface area contributed by atoms with Crippen molar-refractivity contribution in [1.82, 2.24) is 19.5 Å². The van der Waals surface area contributed by atoms with Crippen LogP contribution in [0.2, 0.25) is 10.0 Å². The second kappa shape index (κ2) is 7.93. The van der Waals surface area contributed by atoms with E-state index in [2.05, 4.69) is 15.1 Å². The van der Waals surface area contributed by atoms with E-state index in [9.17, 15) is 19.3 Å². The minimum absolute atomic E-state index is 0.0159. The van der Waals surface area contributed by atoms with Crippen molar-refractivity contribution in [2.24, 2.45) is 0 Å². The molecule has 4 aromatic rings. The number of aryl methyl sites for hydroxylation is 1. The Labute approximate surface area is 182 Å². The molecule has 0 saturated carbocycles. The van der Waals surface area contributed by atoms with E-state index in [0.717, 1.165) is 6.07 Å². The summed E-state index contributed by atoms with van der Waals surface area (Å²) in [6.07, 6.45) is 2.39. The Kier molecular flexibility index (Phi) is 5.29. The van der Waals surface area contributed by atoms with Crippen LogP contribution < -0.4 is 0 Å². The molecule has 1 N–H and O–H groups in total. The maximum atomic E-state index is 14.4. The number of carboxylic acid groups (broad SMARTS) is 1. The Hall–Kier alpha value is -3.57. The molecule has 0 bridgehead atoms. The van der Waals surface area contributed by atoms with Gasteiger partial charge in [-0.2, -0.15) is 4.98 Å². The molecule has 0 aliphatic rings. The molecular weight excluding hydrogens is 456 g/mol. The molecule has 0 atom stereocenters. The van der Waals surface area contributed by atoms with Gasteiger partial charge < -0.3 is 9.63 Å². The normalized spacial score (nSPS) is 11.2. The summed E-state index contributed by atoms with van der Waals surface area (Å²) in [6, 6.07) is 3.58. The van der Waals surface area contributed by atoms with Crippen molar-refractivity contribution in [3.05, 3.63) is 62.1 Å². The van der Waals surface area contributed by atoms with E-state index in [4.69, 9.17) is 32.8 Å². The Morgan fingerprint density at radius 1 is 1.23 bits per heavy atom. The molecule has 3 aromatic heterocycles. The molecule has 10 nitrogen and oxygen atoms in total. The van der Waals surface area contributed by atoms with Gasteiger partial charge in [0.2, 0.25) is 5.82 Å². The topological polar surface area (TPSA) is 137 Å². The Morgan fingerprint density at radius 3 is 2.71 bits per heavy atom. The average molecular weight is 466 g/mol. The highest BCUT2D eigenvalue weighted by Gasteiger charge is 2.20. The number of imidazole rings is 1. The van der Waals surface area contributed by atoms with Crippen molar-refractivity contribution in [2.45, 2.75) is 12.8 Å². The fraction of sp³-hybridized carbons (Fsp3) is 0.111. The van der Waals surface area contributed by atoms with Crippen LogP contribution in [0.5, 0.6) is 0 Å². The van der Waals surface area contributed by atoms with Gasteiger partial charge in [-0.05, 0) is 24.1 Å². The van der Waals surface area contributed by atoms with Crippen LogP contribution in [0.4, 0.5) is 10.1 Å². The van der Waals surface area contributed by atoms with Gasteiger partial charge in [0.1, 0.15) is 11.5 Å². The highest BCUT2D eigenvalue weighted by atomic mass is 35.5. The minimum atomic E-state index is -1.06. The fourth-order valence-electron chi connectivity index (χ4n) is 2.88. The molecule has 0 aliphatic carbocycles. The first-order chi connectivity index (χ1) is 14.7. The molecule has 13 heteroatoms. The quantitative estimate of drug-likeness (QED) is 0.326. The van der Waals surface area contributed by atoms with Gasteiger partial charge >= 0.3 is 5.97 Å². The summed E-state index contributed by atoms with van der Waals surface area (Å²) in [4.78, 5) is 29.5. The lowest BCUT2D eigenvalue weighted by molar-refractivity contribution is -0.385. The molecule has 0 fully saturated rings. The number of nitro groups is 1. The summed E-state index contributed by atoms with van der Waals surface area (Å²) >= 11 is 12.3. The minimum Gasteiger partial charge on any atom is -0.481 e. The van der Waals surface area contributed by atoms with Crippen LogP contribution in [-0.4, -0.2) is 35.5 Å². The first-order valence-corrected chi connectivity index (χ1v) is 9.35. The van der Waals surface area contributed by atoms with Crippen molar-refractivity contribution in [2.75, 3.05) is 0 Å². The number of benzene rings is 1. The molecule has 0 spiro atoms. The summed E-state index contributed by atoms with van der Waals surface area (Å²) < 4.78 is 20.9. The molecule has 0 unspecified atom stereocenters. The summed E-state index contributed by atoms with van der Waals surface area (Å²) in [5.41, 5.74) is 0.504. The third-order valence-corrected chi connectivity index (χ3v) is 4.92. The Bertz CT molecular complexity index is 1350. The number of aromatic nitrogens is 4. The standard InChI is InChI=1S/C18H10Cl2FN5O5/c19-11-3-8(1-2-15(27)28)13(21)5-10(11)16-23-18(31-24-16)14-7-25-6-9(26(29)30)4-12(20)17(25)22-14/h3-7H,1-2H2,(H,27,28). The zero-order chi connectivity index (χ0) is 22.3. The maximum absolute atomic E-state index is 14.4. The highest BCUT2D eigenvalue weighted by molar-refractivity contribution is 6.34. The lowest BCUT2D eigenvalue weighted by Crippen LogP contribution is -2.00. The number of aliphatic carboxylic acids is 1. The van der Waals surface area contributed by atoms with Gasteiger partial charge in [-0.15, -0.1) is 0 Å². The first kappa shape index (κ1) is 20.7. The van der Waals surface area contributed by atoms with Crippen molar-refractivity contribution < 1.29 is 23.7 Å². The second-order valence-corrected chi connectivity index (χ2v) is 7.22. The maximum Gasteiger partial charge on any atom is 0.303 e. The fourth-order valence-corrected chi connectivity index (χ4v) is 3.40. The molecule has 3 heterocycles. The van der Waals surface area contributed by atoms with Gasteiger partial charge in [-0.25, -0.2) is 9.37 Å². The smallest absolute Gasteiger partial charge is 0.303 e. The van der Waals surface area contributed by atoms with Crippen LogP contribution in [0.1, 0.15) is 12.0 Å². The lowest BCUT2D eigenvalue weighted by Gasteiger charge is -2.05. The van der Waals surface area contributed by atoms with Crippen LogP contribution in [0.25, 0.3) is 28.6 Å². The van der Waals surface area contributed by atoms with E-state index in [0.29, 0.717) is 0 Å². The van der Waals surface area contributed by atoms with Crippen LogP contribution in [-0.2, 0) is 11.2 Å². The van der Waals surface area contributed by atoms with Crippen molar-refractivity contribution in [3.63, 3.8) is 0 Å². The lowest BCUT2D eigenvalue weighted by atomic mass is 10.1. The van der Waals surface area contributed by atoms with Gasteiger partial charge in [-0.1, -0.05) is 28.4 Å². The zero-order valence-electron chi connectivity index (χ0n) is 15.3. The largest absolute Gasteiger partial charge is 0.481 e. The molecule has 0 saturated heterocycles. The van der Waals surface area contributed by atoms with E-state index < -0.39 is 16.7 Å². The zero-order valence-corrected chi connectivity index (χ0v) is 16.8. The van der Waals surface area contributed by atoms with Gasteiger partial charge in [-0.3, -0.25) is 19.3 Å². The molecule has 0 amide bonds. The monoisotopic (exact) mass is 465 g/mol. The number of hydrogen-bond donors (Lipinski definition) is 1. The number of pyridine rings is 1. The summed E-state index contributed by atoms with van der Waals surface area (Å²) in [5.74, 6) is -1.76. The first-order valence-electron chi connectivity index (χ1n) is 8.59. The molecule has 0 radical (unpaired) electrons. The van der Waals surface area contributed by atoms with Crippen LogP contribution in [0.15, 0.2) is 35.1 Å². The molecule has 0 aliphatic heterocycles. The van der Waals surface area contributed by atoms with Crippen LogP contribution >= 0.6 is 23.2 Å². The number of carboxylic acids is 1. The van der Waals surface area contributed by atoms with Crippen LogP contribution in [0.3, 0.4) is 0 Å². The van der Waals surface area contributed by atoms with E-state index in [1.54, 1.807) is 0 Å². The van der Waals surface area contributed by atoms with Crippen molar-refractivity contribution in [3.8, 4) is 23.0 Å². The van der Waals surface area contributed by atoms with Gasteiger partial charge in [0.25, 0.3) is 11.6 Å². The predicted octanol–water partition coefficient (Wildman–Crippen LogP) is 4.42. The van der Waals surface area contributed by atoms with Gasteiger partial charge in [0.05, 0.1) is 21.2 Å². The third kappa shape index (κ3) is 4.05. The number of halogens is 3. The molecule has 158 valence electrons. The van der Waals surface area contributed by atoms with Crippen LogP contribution in [0, 0.1) is 15.9 Å². The number of nitrogens with zero attached hydrogens (tertiary/aromatic N) is 5. The molecule has 4 rings (SSSR count). The second-order valence-electron chi connectivity index (χ2n) is 6.40. The molecule has 31 heavy (non-hydrogen) atoms. The summed E-state index contributed by atoms with van der Waals surface area (Å²) in [6.45, 7) is 0. The number of fused-ring (bicyclic) bond motifs is 1. The SMILES string of the molecule is O=C(O)CCc1cc(Cl)c(-c2noc(-c3cn4cc([N+](=O)[O-])cc(Cl)c4n3)n2)cc1F.